The third-order valence-electron chi connectivity index (χ3n) is 6.59. The largest absolute Gasteiger partial charge is 0.573 e. The predicted octanol–water partition coefficient (Wildman–Crippen LogP) is 5.99. The Morgan fingerprint density at radius 3 is 2.37 bits per heavy atom. The third-order valence-corrected chi connectivity index (χ3v) is 6.59. The number of carbonyl (C=O) groups excluding carboxylic acids is 1. The number of fused-ring (bicyclic) bond motifs is 1. The van der Waals surface area contributed by atoms with Crippen molar-refractivity contribution < 1.29 is 31.5 Å². The number of hydrogen-bond donors (Lipinski definition) is 0. The lowest BCUT2D eigenvalue weighted by molar-refractivity contribution is -0.274. The smallest absolute Gasteiger partial charge is 0.404 e. The van der Waals surface area contributed by atoms with Crippen molar-refractivity contribution in [2.24, 2.45) is 0 Å². The fraction of sp³-hybridized carbons (Fsp3) is 0.250. The van der Waals surface area contributed by atoms with Crippen LogP contribution in [0.2, 0.25) is 0 Å². The number of para-hydroxylation sites is 1. The zero-order chi connectivity index (χ0) is 26.9. The second-order valence-corrected chi connectivity index (χ2v) is 9.12. The normalized spacial score (nSPS) is 15.9. The van der Waals surface area contributed by atoms with Gasteiger partial charge < -0.3 is 14.5 Å². The maximum Gasteiger partial charge on any atom is 0.573 e. The van der Waals surface area contributed by atoms with Gasteiger partial charge >= 0.3 is 6.36 Å². The van der Waals surface area contributed by atoms with Crippen molar-refractivity contribution in [2.75, 3.05) is 37.6 Å². The Labute approximate surface area is 216 Å². The molecule has 10 heteroatoms. The van der Waals surface area contributed by atoms with Gasteiger partial charge in [0.2, 0.25) is 0 Å². The molecule has 0 radical (unpaired) electrons. The Kier molecular flexibility index (Phi) is 7.07. The number of alkyl halides is 3. The molecule has 0 bridgehead atoms. The van der Waals surface area contributed by atoms with Crippen molar-refractivity contribution in [3.63, 3.8) is 0 Å². The molecule has 1 saturated heterocycles. The molecule has 3 aromatic rings. The number of rotatable bonds is 5. The Hall–Kier alpha value is -3.92. The van der Waals surface area contributed by atoms with Crippen molar-refractivity contribution in [1.82, 2.24) is 9.80 Å². The summed E-state index contributed by atoms with van der Waals surface area (Å²) in [6.07, 6.45) is -1.19. The maximum absolute atomic E-state index is 13.5. The van der Waals surface area contributed by atoms with Gasteiger partial charge in [-0.2, -0.15) is 0 Å². The summed E-state index contributed by atoms with van der Waals surface area (Å²) in [5.74, 6) is -2.69. The van der Waals surface area contributed by atoms with Crippen LogP contribution in [0.4, 0.5) is 33.3 Å². The highest BCUT2D eigenvalue weighted by Crippen LogP contribution is 2.40. The minimum Gasteiger partial charge on any atom is -0.404 e. The first-order valence-corrected chi connectivity index (χ1v) is 12.1. The Morgan fingerprint density at radius 2 is 1.63 bits per heavy atom. The van der Waals surface area contributed by atoms with Crippen LogP contribution in [-0.2, 0) is 6.54 Å². The van der Waals surface area contributed by atoms with E-state index in [4.69, 9.17) is 0 Å². The van der Waals surface area contributed by atoms with Gasteiger partial charge in [0.1, 0.15) is 0 Å². The molecular weight excluding hydrogens is 505 g/mol. The topological polar surface area (TPSA) is 36.0 Å². The first kappa shape index (κ1) is 25.7. The highest BCUT2D eigenvalue weighted by atomic mass is 19.4. The minimum atomic E-state index is -4.94. The monoisotopic (exact) mass is 529 g/mol. The van der Waals surface area contributed by atoms with Gasteiger partial charge in [0.15, 0.2) is 17.4 Å². The summed E-state index contributed by atoms with van der Waals surface area (Å²) >= 11 is 0. The van der Waals surface area contributed by atoms with Crippen LogP contribution in [0, 0.1) is 11.6 Å². The molecule has 0 atom stereocenters. The molecule has 0 aromatic heterocycles. The molecule has 5 rings (SSSR count). The standard InChI is InChI=1S/C28H24F5N3O2/c29-22-9-7-19(16-23(22)30)18-34-12-14-35(15-13-34)27(37)21-8-10-25(26(17-21)38-28(31,32)33)36-11-3-5-20-4-1-2-6-24(20)36/h1-10,16-17H,11-15,18H2. The summed E-state index contributed by atoms with van der Waals surface area (Å²) in [6, 6.07) is 15.2. The first-order valence-electron chi connectivity index (χ1n) is 12.1. The Bertz CT molecular complexity index is 1370. The molecule has 0 saturated carbocycles. The zero-order valence-corrected chi connectivity index (χ0v) is 20.2. The molecular formula is C28H24F5N3O2. The van der Waals surface area contributed by atoms with Gasteiger partial charge in [-0.25, -0.2) is 8.78 Å². The van der Waals surface area contributed by atoms with E-state index in [1.807, 2.05) is 35.3 Å². The van der Waals surface area contributed by atoms with Crippen molar-refractivity contribution >= 4 is 23.4 Å². The van der Waals surface area contributed by atoms with E-state index in [2.05, 4.69) is 4.74 Å². The lowest BCUT2D eigenvalue weighted by Gasteiger charge is -2.35. The van der Waals surface area contributed by atoms with E-state index >= 15 is 0 Å². The van der Waals surface area contributed by atoms with E-state index in [0.29, 0.717) is 44.8 Å². The average molecular weight is 530 g/mol. The van der Waals surface area contributed by atoms with Gasteiger partial charge in [0.05, 0.1) is 5.69 Å². The summed E-state index contributed by atoms with van der Waals surface area (Å²) in [4.78, 5) is 18.5. The second-order valence-electron chi connectivity index (χ2n) is 9.12. The predicted molar refractivity (Wildman–Crippen MR) is 133 cm³/mol. The molecule has 3 aromatic carbocycles. The van der Waals surface area contributed by atoms with Crippen molar-refractivity contribution in [2.45, 2.75) is 12.9 Å². The Balaban J connectivity index is 1.32. The molecule has 0 N–H and O–H groups in total. The molecule has 0 aliphatic carbocycles. The van der Waals surface area contributed by atoms with Crippen LogP contribution in [0.1, 0.15) is 21.5 Å². The highest BCUT2D eigenvalue weighted by Gasteiger charge is 2.34. The number of ether oxygens (including phenoxy) is 1. The molecule has 2 heterocycles. The molecule has 198 valence electrons. The lowest BCUT2D eigenvalue weighted by atomic mass is 10.1. The van der Waals surface area contributed by atoms with Gasteiger partial charge in [-0.05, 0) is 47.5 Å². The summed E-state index contributed by atoms with van der Waals surface area (Å²) < 4.78 is 71.1. The molecule has 1 amide bonds. The van der Waals surface area contributed by atoms with Gasteiger partial charge in [-0.3, -0.25) is 9.69 Å². The minimum absolute atomic E-state index is 0.0860. The molecule has 0 spiro atoms. The van der Waals surface area contributed by atoms with E-state index in [1.54, 1.807) is 15.9 Å². The quantitative estimate of drug-likeness (QED) is 0.381. The van der Waals surface area contributed by atoms with E-state index in [-0.39, 0.29) is 11.3 Å². The van der Waals surface area contributed by atoms with Crippen molar-refractivity contribution in [3.8, 4) is 5.75 Å². The number of anilines is 2. The van der Waals surface area contributed by atoms with E-state index in [0.717, 1.165) is 29.4 Å². The Morgan fingerprint density at radius 1 is 0.868 bits per heavy atom. The average Bonchev–Trinajstić information content (AvgIpc) is 2.90. The number of piperazine rings is 1. The number of carbonyl (C=O) groups is 1. The van der Waals surface area contributed by atoms with Crippen LogP contribution in [0.5, 0.6) is 5.75 Å². The molecule has 5 nitrogen and oxygen atoms in total. The van der Waals surface area contributed by atoms with Crippen LogP contribution >= 0.6 is 0 Å². The number of amides is 1. The first-order chi connectivity index (χ1) is 18.2. The van der Waals surface area contributed by atoms with E-state index < -0.39 is 29.7 Å². The third kappa shape index (κ3) is 5.65. The SMILES string of the molecule is O=C(c1ccc(N2CC=Cc3ccccc32)c(OC(F)(F)F)c1)N1CCN(Cc2ccc(F)c(F)c2)CC1. The summed E-state index contributed by atoms with van der Waals surface area (Å²) in [6.45, 7) is 2.37. The maximum atomic E-state index is 13.5. The summed E-state index contributed by atoms with van der Waals surface area (Å²) in [7, 11) is 0. The van der Waals surface area contributed by atoms with Gasteiger partial charge in [0, 0.05) is 50.5 Å². The van der Waals surface area contributed by atoms with Crippen LogP contribution in [0.3, 0.4) is 0 Å². The van der Waals surface area contributed by atoms with Crippen LogP contribution in [0.15, 0.2) is 66.7 Å². The molecule has 2 aliphatic heterocycles. The second kappa shape index (κ2) is 10.4. The lowest BCUT2D eigenvalue weighted by Crippen LogP contribution is -2.48. The number of halogens is 5. The fourth-order valence-electron chi connectivity index (χ4n) is 4.75. The molecule has 1 fully saturated rings. The van der Waals surface area contributed by atoms with Crippen molar-refractivity contribution in [3.05, 3.63) is 95.1 Å². The van der Waals surface area contributed by atoms with E-state index in [9.17, 15) is 26.7 Å². The van der Waals surface area contributed by atoms with Crippen molar-refractivity contribution in [1.29, 1.82) is 0 Å². The van der Waals surface area contributed by atoms with Gasteiger partial charge in [0.25, 0.3) is 5.91 Å². The highest BCUT2D eigenvalue weighted by molar-refractivity contribution is 5.96. The fourth-order valence-corrected chi connectivity index (χ4v) is 4.75. The van der Waals surface area contributed by atoms with Gasteiger partial charge in [-0.15, -0.1) is 13.2 Å². The molecule has 2 aliphatic rings. The summed E-state index contributed by atoms with van der Waals surface area (Å²) in [5.41, 5.74) is 2.49. The van der Waals surface area contributed by atoms with Crippen LogP contribution in [0.25, 0.3) is 6.08 Å². The zero-order valence-electron chi connectivity index (χ0n) is 20.2. The number of nitrogens with zero attached hydrogens (tertiary/aromatic N) is 3. The molecule has 0 unspecified atom stereocenters. The van der Waals surface area contributed by atoms with Crippen LogP contribution < -0.4 is 9.64 Å². The number of benzene rings is 3. The van der Waals surface area contributed by atoms with E-state index in [1.165, 1.54) is 18.2 Å². The summed E-state index contributed by atoms with van der Waals surface area (Å²) in [5, 5.41) is 0. The van der Waals surface area contributed by atoms with Crippen LogP contribution in [-0.4, -0.2) is 54.8 Å². The van der Waals surface area contributed by atoms with Gasteiger partial charge in [-0.1, -0.05) is 36.4 Å². The number of hydrogen-bond acceptors (Lipinski definition) is 4. The molecule has 38 heavy (non-hydrogen) atoms.